The largest absolute Gasteiger partial charge is 0.367 e. The summed E-state index contributed by atoms with van der Waals surface area (Å²) in [5.41, 5.74) is -0.128. The van der Waals surface area contributed by atoms with Gasteiger partial charge in [0, 0.05) is 35.9 Å². The van der Waals surface area contributed by atoms with Crippen LogP contribution in [0.15, 0.2) is 12.1 Å². The van der Waals surface area contributed by atoms with Crippen LogP contribution in [-0.2, 0) is 17.8 Å². The molecule has 1 aliphatic rings. The van der Waals surface area contributed by atoms with Gasteiger partial charge in [0.2, 0.25) is 0 Å². The summed E-state index contributed by atoms with van der Waals surface area (Å²) in [5, 5.41) is 3.38. The van der Waals surface area contributed by atoms with Crippen LogP contribution in [0.3, 0.4) is 0 Å². The predicted molar refractivity (Wildman–Crippen MR) is 86.2 cm³/mol. The van der Waals surface area contributed by atoms with E-state index in [1.807, 2.05) is 11.3 Å². The summed E-state index contributed by atoms with van der Waals surface area (Å²) in [6.07, 6.45) is 0. The molecule has 0 aliphatic carbocycles. The van der Waals surface area contributed by atoms with E-state index < -0.39 is 0 Å². The molecule has 0 bridgehead atoms. The molecule has 3 nitrogen and oxygen atoms in total. The van der Waals surface area contributed by atoms with Gasteiger partial charge >= 0.3 is 0 Å². The smallest absolute Gasteiger partial charge is 0.0760 e. The summed E-state index contributed by atoms with van der Waals surface area (Å²) in [5.74, 6) is 0. The van der Waals surface area contributed by atoms with Crippen LogP contribution in [0, 0.1) is 0 Å². The minimum atomic E-state index is -0.0639. The first-order chi connectivity index (χ1) is 9.30. The summed E-state index contributed by atoms with van der Waals surface area (Å²) in [4.78, 5) is 5.40. The molecule has 4 heteroatoms. The lowest BCUT2D eigenvalue weighted by Gasteiger charge is -2.47. The Kier molecular flexibility index (Phi) is 4.90. The van der Waals surface area contributed by atoms with Gasteiger partial charge in [-0.2, -0.15) is 0 Å². The molecule has 2 heterocycles. The van der Waals surface area contributed by atoms with E-state index >= 15 is 0 Å². The second-order valence-electron chi connectivity index (χ2n) is 6.91. The highest BCUT2D eigenvalue weighted by Crippen LogP contribution is 2.30. The van der Waals surface area contributed by atoms with Crippen molar-refractivity contribution in [1.29, 1.82) is 0 Å². The molecule has 1 fully saturated rings. The van der Waals surface area contributed by atoms with Crippen LogP contribution in [0.5, 0.6) is 0 Å². The van der Waals surface area contributed by atoms with Gasteiger partial charge in [-0.3, -0.25) is 4.90 Å². The standard InChI is InChI=1S/C16H28N2OS/c1-6-17-9-13-7-8-14(20-13)10-18-11-15(2,3)19-16(4,5)12-18/h7-8,17H,6,9-12H2,1-5H3. The van der Waals surface area contributed by atoms with Gasteiger partial charge in [0.1, 0.15) is 0 Å². The molecular formula is C16H28N2OS. The van der Waals surface area contributed by atoms with Crippen molar-refractivity contribution in [2.45, 2.75) is 58.9 Å². The Labute approximate surface area is 127 Å². The lowest BCUT2D eigenvalue weighted by atomic mass is 9.99. The lowest BCUT2D eigenvalue weighted by molar-refractivity contribution is -0.182. The monoisotopic (exact) mass is 296 g/mol. The van der Waals surface area contributed by atoms with Crippen molar-refractivity contribution in [1.82, 2.24) is 10.2 Å². The fourth-order valence-corrected chi connectivity index (χ4v) is 4.16. The topological polar surface area (TPSA) is 24.5 Å². The molecule has 1 aromatic rings. The van der Waals surface area contributed by atoms with Crippen LogP contribution >= 0.6 is 11.3 Å². The van der Waals surface area contributed by atoms with Crippen molar-refractivity contribution < 1.29 is 4.74 Å². The van der Waals surface area contributed by atoms with E-state index in [1.165, 1.54) is 9.75 Å². The zero-order chi connectivity index (χ0) is 14.8. The van der Waals surface area contributed by atoms with Crippen LogP contribution in [0.25, 0.3) is 0 Å². The number of thiophene rings is 1. The van der Waals surface area contributed by atoms with E-state index in [0.717, 1.165) is 32.7 Å². The highest BCUT2D eigenvalue weighted by Gasteiger charge is 2.37. The van der Waals surface area contributed by atoms with Crippen molar-refractivity contribution in [3.63, 3.8) is 0 Å². The Balaban J connectivity index is 1.97. The first-order valence-electron chi connectivity index (χ1n) is 7.50. The molecule has 114 valence electrons. The van der Waals surface area contributed by atoms with Gasteiger partial charge in [-0.05, 0) is 46.4 Å². The summed E-state index contributed by atoms with van der Waals surface area (Å²) in [6.45, 7) is 15.9. The number of rotatable bonds is 5. The minimum Gasteiger partial charge on any atom is -0.367 e. The number of morpholine rings is 1. The summed E-state index contributed by atoms with van der Waals surface area (Å²) in [6, 6.07) is 4.52. The van der Waals surface area contributed by atoms with Gasteiger partial charge in [0.05, 0.1) is 11.2 Å². The molecule has 0 spiro atoms. The molecule has 1 aromatic heterocycles. The zero-order valence-electron chi connectivity index (χ0n) is 13.5. The maximum Gasteiger partial charge on any atom is 0.0760 e. The van der Waals surface area contributed by atoms with Gasteiger partial charge in [0.15, 0.2) is 0 Å². The normalized spacial score (nSPS) is 22.1. The Morgan fingerprint density at radius 2 is 1.75 bits per heavy atom. The molecule has 1 saturated heterocycles. The first kappa shape index (κ1) is 16.0. The molecule has 1 N–H and O–H groups in total. The number of nitrogens with zero attached hydrogens (tertiary/aromatic N) is 1. The molecule has 0 radical (unpaired) electrons. The summed E-state index contributed by atoms with van der Waals surface area (Å²) >= 11 is 1.92. The van der Waals surface area contributed by atoms with Gasteiger partial charge in [0.25, 0.3) is 0 Å². The van der Waals surface area contributed by atoms with Crippen molar-refractivity contribution in [2.75, 3.05) is 19.6 Å². The molecule has 20 heavy (non-hydrogen) atoms. The maximum atomic E-state index is 6.14. The number of hydrogen-bond acceptors (Lipinski definition) is 4. The Morgan fingerprint density at radius 1 is 1.15 bits per heavy atom. The lowest BCUT2D eigenvalue weighted by Crippen LogP contribution is -2.56. The van der Waals surface area contributed by atoms with Crippen LogP contribution in [0.4, 0.5) is 0 Å². The van der Waals surface area contributed by atoms with Crippen LogP contribution in [0.1, 0.15) is 44.4 Å². The van der Waals surface area contributed by atoms with Gasteiger partial charge in [-0.1, -0.05) is 6.92 Å². The Morgan fingerprint density at radius 3 is 2.35 bits per heavy atom. The molecular weight excluding hydrogens is 268 g/mol. The summed E-state index contributed by atoms with van der Waals surface area (Å²) in [7, 11) is 0. The highest BCUT2D eigenvalue weighted by atomic mass is 32.1. The fourth-order valence-electron chi connectivity index (χ4n) is 3.13. The molecule has 1 aliphatic heterocycles. The van der Waals surface area contributed by atoms with E-state index in [0.29, 0.717) is 0 Å². The molecule has 0 saturated carbocycles. The third-order valence-electron chi connectivity index (χ3n) is 3.41. The summed E-state index contributed by atoms with van der Waals surface area (Å²) < 4.78 is 6.14. The van der Waals surface area contributed by atoms with E-state index in [2.05, 4.69) is 57.0 Å². The second-order valence-corrected chi connectivity index (χ2v) is 8.17. The van der Waals surface area contributed by atoms with E-state index in [4.69, 9.17) is 4.74 Å². The van der Waals surface area contributed by atoms with E-state index in [-0.39, 0.29) is 11.2 Å². The number of ether oxygens (including phenoxy) is 1. The quantitative estimate of drug-likeness (QED) is 0.903. The Bertz CT molecular complexity index is 423. The van der Waals surface area contributed by atoms with E-state index in [1.54, 1.807) is 0 Å². The predicted octanol–water partition coefficient (Wildman–Crippen LogP) is 3.25. The second kappa shape index (κ2) is 6.14. The minimum absolute atomic E-state index is 0.0639. The average Bonchev–Trinajstić information content (AvgIpc) is 2.69. The molecule has 0 atom stereocenters. The van der Waals surface area contributed by atoms with Crippen molar-refractivity contribution in [2.24, 2.45) is 0 Å². The third-order valence-corrected chi connectivity index (χ3v) is 4.48. The van der Waals surface area contributed by atoms with Gasteiger partial charge in [-0.25, -0.2) is 0 Å². The number of hydrogen-bond donors (Lipinski definition) is 1. The molecule has 0 amide bonds. The average molecular weight is 296 g/mol. The maximum absolute atomic E-state index is 6.14. The number of nitrogens with one attached hydrogen (secondary N) is 1. The van der Waals surface area contributed by atoms with Crippen molar-refractivity contribution in [3.05, 3.63) is 21.9 Å². The van der Waals surface area contributed by atoms with Gasteiger partial charge < -0.3 is 10.1 Å². The Hall–Kier alpha value is -0.420. The van der Waals surface area contributed by atoms with Crippen molar-refractivity contribution in [3.8, 4) is 0 Å². The molecule has 0 aromatic carbocycles. The highest BCUT2D eigenvalue weighted by molar-refractivity contribution is 7.11. The molecule has 2 rings (SSSR count). The first-order valence-corrected chi connectivity index (χ1v) is 8.32. The van der Waals surface area contributed by atoms with Crippen molar-refractivity contribution >= 4 is 11.3 Å². The van der Waals surface area contributed by atoms with Crippen LogP contribution < -0.4 is 5.32 Å². The SMILES string of the molecule is CCNCc1ccc(CN2CC(C)(C)OC(C)(C)C2)s1. The zero-order valence-corrected chi connectivity index (χ0v) is 14.3. The fraction of sp³-hybridized carbons (Fsp3) is 0.750. The van der Waals surface area contributed by atoms with Crippen LogP contribution in [0.2, 0.25) is 0 Å². The van der Waals surface area contributed by atoms with Gasteiger partial charge in [-0.15, -0.1) is 11.3 Å². The van der Waals surface area contributed by atoms with E-state index in [9.17, 15) is 0 Å². The molecule has 0 unspecified atom stereocenters. The van der Waals surface area contributed by atoms with Crippen LogP contribution in [-0.4, -0.2) is 35.7 Å². The third kappa shape index (κ3) is 4.55.